The average Bonchev–Trinajstić information content (AvgIpc) is 3.35. The van der Waals surface area contributed by atoms with E-state index in [-0.39, 0.29) is 12.4 Å². The molecule has 2 aromatic heterocycles. The van der Waals surface area contributed by atoms with Crippen molar-refractivity contribution in [3.05, 3.63) is 76.6 Å². The average molecular weight is 573 g/mol. The van der Waals surface area contributed by atoms with E-state index >= 15 is 0 Å². The molecule has 0 amide bonds. The lowest BCUT2D eigenvalue weighted by atomic mass is 10.0. The van der Waals surface area contributed by atoms with Crippen molar-refractivity contribution in [1.29, 1.82) is 0 Å². The Morgan fingerprint density at radius 2 is 1.79 bits per heavy atom. The molecule has 4 aromatic rings. The van der Waals surface area contributed by atoms with Crippen molar-refractivity contribution in [3.8, 4) is 5.75 Å². The van der Waals surface area contributed by atoms with E-state index in [2.05, 4.69) is 68.4 Å². The Bertz CT molecular complexity index is 1460. The number of fused-ring (bicyclic) bond motifs is 1. The molecule has 3 heterocycles. The molecular formula is C33H44N6O3. The molecule has 2 aromatic carbocycles. The SMILES string of the molecule is CCc1ccc(CCCO)c(NCc2ccc3nc(NCCCN4CCOCC4)n(Cc4nc(C)ccc4O)c3c2)c1. The van der Waals surface area contributed by atoms with Gasteiger partial charge in [-0.05, 0) is 86.2 Å². The molecular weight excluding hydrogens is 528 g/mol. The molecule has 0 aliphatic carbocycles. The normalized spacial score (nSPS) is 14.0. The van der Waals surface area contributed by atoms with Crippen LogP contribution in [-0.2, 0) is 30.7 Å². The maximum absolute atomic E-state index is 10.6. The van der Waals surface area contributed by atoms with E-state index in [0.717, 1.165) is 99.0 Å². The molecule has 1 aliphatic heterocycles. The molecule has 5 rings (SSSR count). The van der Waals surface area contributed by atoms with Crippen molar-refractivity contribution in [2.75, 3.05) is 56.6 Å². The Kier molecular flexibility index (Phi) is 10.3. The molecule has 4 N–H and O–H groups in total. The second-order valence-electron chi connectivity index (χ2n) is 11.0. The lowest BCUT2D eigenvalue weighted by molar-refractivity contribution is 0.0378. The first-order chi connectivity index (χ1) is 20.5. The Labute approximate surface area is 248 Å². The second-order valence-corrected chi connectivity index (χ2v) is 11.0. The van der Waals surface area contributed by atoms with Gasteiger partial charge in [0.2, 0.25) is 5.95 Å². The number of aliphatic hydroxyl groups excluding tert-OH is 1. The molecule has 1 fully saturated rings. The highest BCUT2D eigenvalue weighted by molar-refractivity contribution is 5.80. The topological polar surface area (TPSA) is 108 Å². The van der Waals surface area contributed by atoms with Crippen LogP contribution in [-0.4, -0.2) is 75.6 Å². The molecule has 9 nitrogen and oxygen atoms in total. The van der Waals surface area contributed by atoms with Crippen molar-refractivity contribution in [2.45, 2.75) is 52.6 Å². The number of anilines is 2. The Hall–Kier alpha value is -3.66. The van der Waals surface area contributed by atoms with Crippen molar-refractivity contribution < 1.29 is 14.9 Å². The number of nitrogens with one attached hydrogen (secondary N) is 2. The van der Waals surface area contributed by atoms with Crippen LogP contribution in [0.1, 0.15) is 47.8 Å². The number of hydrogen-bond acceptors (Lipinski definition) is 8. The van der Waals surface area contributed by atoms with Gasteiger partial charge in [-0.1, -0.05) is 25.1 Å². The van der Waals surface area contributed by atoms with E-state index in [1.165, 1.54) is 11.1 Å². The Morgan fingerprint density at radius 1 is 0.952 bits per heavy atom. The molecule has 9 heteroatoms. The van der Waals surface area contributed by atoms with E-state index in [0.29, 0.717) is 18.8 Å². The molecule has 42 heavy (non-hydrogen) atoms. The van der Waals surface area contributed by atoms with Gasteiger partial charge in [0.05, 0.1) is 30.8 Å². The molecule has 0 unspecified atom stereocenters. The summed E-state index contributed by atoms with van der Waals surface area (Å²) < 4.78 is 7.60. The van der Waals surface area contributed by atoms with Gasteiger partial charge in [-0.15, -0.1) is 0 Å². The Morgan fingerprint density at radius 3 is 2.60 bits per heavy atom. The minimum absolute atomic E-state index is 0.185. The number of rotatable bonds is 14. The zero-order valence-corrected chi connectivity index (χ0v) is 24.9. The fourth-order valence-corrected chi connectivity index (χ4v) is 5.46. The number of aryl methyl sites for hydroxylation is 3. The summed E-state index contributed by atoms with van der Waals surface area (Å²) in [5.41, 5.74) is 8.15. The third kappa shape index (κ3) is 7.59. The fourth-order valence-electron chi connectivity index (χ4n) is 5.46. The molecule has 0 spiro atoms. The lowest BCUT2D eigenvalue weighted by Crippen LogP contribution is -2.37. The van der Waals surface area contributed by atoms with Crippen molar-refractivity contribution in [3.63, 3.8) is 0 Å². The van der Waals surface area contributed by atoms with Crippen LogP contribution in [0.3, 0.4) is 0 Å². The minimum Gasteiger partial charge on any atom is -0.506 e. The van der Waals surface area contributed by atoms with Gasteiger partial charge in [0.1, 0.15) is 11.4 Å². The smallest absolute Gasteiger partial charge is 0.204 e. The summed E-state index contributed by atoms with van der Waals surface area (Å²) in [7, 11) is 0. The number of ether oxygens (including phenoxy) is 1. The van der Waals surface area contributed by atoms with Gasteiger partial charge < -0.3 is 30.2 Å². The molecule has 0 atom stereocenters. The highest BCUT2D eigenvalue weighted by Gasteiger charge is 2.16. The van der Waals surface area contributed by atoms with Crippen LogP contribution in [0.4, 0.5) is 11.6 Å². The van der Waals surface area contributed by atoms with E-state index < -0.39 is 0 Å². The first-order valence-electron chi connectivity index (χ1n) is 15.2. The summed E-state index contributed by atoms with van der Waals surface area (Å²) >= 11 is 0. The number of hydrogen-bond donors (Lipinski definition) is 4. The number of pyridine rings is 1. The summed E-state index contributed by atoms with van der Waals surface area (Å²) in [5.74, 6) is 0.964. The van der Waals surface area contributed by atoms with Gasteiger partial charge in [-0.3, -0.25) is 9.88 Å². The number of benzene rings is 2. The highest BCUT2D eigenvalue weighted by Crippen LogP contribution is 2.26. The number of morpholine rings is 1. The minimum atomic E-state index is 0.185. The van der Waals surface area contributed by atoms with Gasteiger partial charge in [0, 0.05) is 44.2 Å². The molecule has 1 aliphatic rings. The van der Waals surface area contributed by atoms with Gasteiger partial charge in [-0.25, -0.2) is 4.98 Å². The van der Waals surface area contributed by atoms with Crippen molar-refractivity contribution in [1.82, 2.24) is 19.4 Å². The first-order valence-corrected chi connectivity index (χ1v) is 15.2. The fraction of sp³-hybridized carbons (Fsp3) is 0.455. The number of nitrogens with zero attached hydrogens (tertiary/aromatic N) is 4. The summed E-state index contributed by atoms with van der Waals surface area (Å²) in [6.45, 7) is 10.8. The van der Waals surface area contributed by atoms with Gasteiger partial charge in [-0.2, -0.15) is 0 Å². The maximum Gasteiger partial charge on any atom is 0.204 e. The predicted octanol–water partition coefficient (Wildman–Crippen LogP) is 4.73. The molecule has 1 saturated heterocycles. The lowest BCUT2D eigenvalue weighted by Gasteiger charge is -2.26. The van der Waals surface area contributed by atoms with Crippen LogP contribution in [0.2, 0.25) is 0 Å². The number of aromatic hydroxyl groups is 1. The van der Waals surface area contributed by atoms with Crippen LogP contribution in [0.15, 0.2) is 48.5 Å². The van der Waals surface area contributed by atoms with Gasteiger partial charge in [0.15, 0.2) is 0 Å². The molecule has 0 saturated carbocycles. The van der Waals surface area contributed by atoms with Crippen LogP contribution < -0.4 is 10.6 Å². The predicted molar refractivity (Wildman–Crippen MR) is 168 cm³/mol. The third-order valence-electron chi connectivity index (χ3n) is 7.92. The van der Waals surface area contributed by atoms with Crippen LogP contribution in [0.5, 0.6) is 5.75 Å². The molecule has 0 radical (unpaired) electrons. The van der Waals surface area contributed by atoms with E-state index in [1.54, 1.807) is 6.07 Å². The van der Waals surface area contributed by atoms with Crippen LogP contribution in [0, 0.1) is 6.92 Å². The zero-order chi connectivity index (χ0) is 29.3. The van der Waals surface area contributed by atoms with Crippen LogP contribution in [0.25, 0.3) is 11.0 Å². The molecule has 0 bridgehead atoms. The monoisotopic (exact) mass is 572 g/mol. The zero-order valence-electron chi connectivity index (χ0n) is 24.9. The maximum atomic E-state index is 10.6. The first kappa shape index (κ1) is 29.8. The summed E-state index contributed by atoms with van der Waals surface area (Å²) in [6.07, 6.45) is 3.56. The number of imidazole rings is 1. The highest BCUT2D eigenvalue weighted by atomic mass is 16.5. The quantitative estimate of drug-likeness (QED) is 0.161. The summed E-state index contributed by atoms with van der Waals surface area (Å²) in [6, 6.07) is 16.5. The molecule has 224 valence electrons. The van der Waals surface area contributed by atoms with Crippen molar-refractivity contribution in [2.24, 2.45) is 0 Å². The third-order valence-corrected chi connectivity index (χ3v) is 7.92. The van der Waals surface area contributed by atoms with E-state index in [4.69, 9.17) is 9.72 Å². The van der Waals surface area contributed by atoms with E-state index in [9.17, 15) is 10.2 Å². The van der Waals surface area contributed by atoms with Crippen molar-refractivity contribution >= 4 is 22.7 Å². The number of aliphatic hydroxyl groups is 1. The summed E-state index contributed by atoms with van der Waals surface area (Å²) in [5, 5.41) is 27.2. The Balaban J connectivity index is 1.37. The standard InChI is InChI=1S/C33H44N6O3/c1-3-25-8-10-27(6-4-17-40)29(20-25)35-22-26-9-11-28-31(21-26)39(23-30-32(41)12-7-24(2)36-30)33(37-28)34-13-5-14-38-15-18-42-19-16-38/h7-12,20-21,35,40-41H,3-6,13-19,22-23H2,1-2H3,(H,34,37). The van der Waals surface area contributed by atoms with Crippen LogP contribution >= 0.6 is 0 Å². The van der Waals surface area contributed by atoms with Gasteiger partial charge in [0.25, 0.3) is 0 Å². The summed E-state index contributed by atoms with van der Waals surface area (Å²) in [4.78, 5) is 12.0. The van der Waals surface area contributed by atoms with Gasteiger partial charge >= 0.3 is 0 Å². The largest absolute Gasteiger partial charge is 0.506 e. The second kappa shape index (κ2) is 14.5. The van der Waals surface area contributed by atoms with E-state index in [1.807, 2.05) is 13.0 Å². The number of aromatic nitrogens is 3.